The lowest BCUT2D eigenvalue weighted by atomic mass is 10.2. The molecule has 1 aromatic carbocycles. The summed E-state index contributed by atoms with van der Waals surface area (Å²) in [7, 11) is 1.39. The minimum atomic E-state index is -0.782. The molecule has 0 aromatic heterocycles. The van der Waals surface area contributed by atoms with Gasteiger partial charge in [-0.2, -0.15) is 0 Å². The average molecular weight is 274 g/mol. The molecule has 0 aliphatic heterocycles. The van der Waals surface area contributed by atoms with E-state index < -0.39 is 23.8 Å². The molecule has 0 fully saturated rings. The zero-order valence-electron chi connectivity index (χ0n) is 9.88. The molecule has 1 rings (SSSR count). The van der Waals surface area contributed by atoms with Gasteiger partial charge in [0.2, 0.25) is 5.91 Å². The van der Waals surface area contributed by atoms with Gasteiger partial charge in [-0.3, -0.25) is 10.1 Å². The molecule has 0 saturated heterocycles. The molecule has 0 aliphatic carbocycles. The molecule has 18 heavy (non-hydrogen) atoms. The van der Waals surface area contributed by atoms with Crippen molar-refractivity contribution in [3.05, 3.63) is 29.0 Å². The normalized spacial score (nSPS) is 11.6. The van der Waals surface area contributed by atoms with E-state index in [4.69, 9.17) is 11.6 Å². The van der Waals surface area contributed by atoms with Crippen LogP contribution in [0.25, 0.3) is 0 Å². The summed E-state index contributed by atoms with van der Waals surface area (Å²) in [5, 5.41) is 6.90. The second-order valence-corrected chi connectivity index (χ2v) is 3.94. The molecule has 0 spiro atoms. The highest BCUT2D eigenvalue weighted by molar-refractivity contribution is 6.31. The first kappa shape index (κ1) is 14.2. The SMILES string of the molecule is CNC(=O)NC(=O)C(C)Nc1cccc(Cl)c1F. The lowest BCUT2D eigenvalue weighted by Crippen LogP contribution is -2.44. The Kier molecular flexibility index (Phi) is 4.91. The number of nitrogens with one attached hydrogen (secondary N) is 3. The van der Waals surface area contributed by atoms with Crippen LogP contribution in [-0.2, 0) is 4.79 Å². The maximum absolute atomic E-state index is 13.5. The molecule has 3 amide bonds. The van der Waals surface area contributed by atoms with Gasteiger partial charge in [-0.05, 0) is 19.1 Å². The zero-order valence-corrected chi connectivity index (χ0v) is 10.6. The van der Waals surface area contributed by atoms with Crippen molar-refractivity contribution in [2.75, 3.05) is 12.4 Å². The minimum Gasteiger partial charge on any atom is -0.371 e. The van der Waals surface area contributed by atoms with Gasteiger partial charge < -0.3 is 10.6 Å². The molecule has 1 unspecified atom stereocenters. The van der Waals surface area contributed by atoms with E-state index in [-0.39, 0.29) is 10.7 Å². The molecule has 0 bridgehead atoms. The van der Waals surface area contributed by atoms with E-state index in [1.807, 2.05) is 0 Å². The molecule has 1 atom stereocenters. The van der Waals surface area contributed by atoms with E-state index in [1.165, 1.54) is 26.1 Å². The molecule has 5 nitrogen and oxygen atoms in total. The van der Waals surface area contributed by atoms with E-state index in [1.54, 1.807) is 6.07 Å². The monoisotopic (exact) mass is 273 g/mol. The minimum absolute atomic E-state index is 0.0427. The van der Waals surface area contributed by atoms with Crippen LogP contribution in [0, 0.1) is 5.82 Å². The summed E-state index contributed by atoms with van der Waals surface area (Å²) in [4.78, 5) is 22.5. The van der Waals surface area contributed by atoms with Gasteiger partial charge in [0.1, 0.15) is 6.04 Å². The van der Waals surface area contributed by atoms with Crippen molar-refractivity contribution in [3.8, 4) is 0 Å². The Morgan fingerprint density at radius 2 is 2.06 bits per heavy atom. The Balaban J connectivity index is 2.69. The first-order chi connectivity index (χ1) is 8.45. The largest absolute Gasteiger partial charge is 0.371 e. The molecule has 1 aromatic rings. The first-order valence-electron chi connectivity index (χ1n) is 5.18. The van der Waals surface area contributed by atoms with Crippen LogP contribution in [0.5, 0.6) is 0 Å². The summed E-state index contributed by atoms with van der Waals surface area (Å²) in [5.74, 6) is -1.22. The van der Waals surface area contributed by atoms with Crippen LogP contribution >= 0.6 is 11.6 Å². The predicted molar refractivity (Wildman–Crippen MR) is 67.1 cm³/mol. The molecule has 0 saturated carbocycles. The summed E-state index contributed by atoms with van der Waals surface area (Å²) in [6.07, 6.45) is 0. The molecule has 3 N–H and O–H groups in total. The molecule has 0 heterocycles. The summed E-state index contributed by atoms with van der Waals surface area (Å²) >= 11 is 5.60. The highest BCUT2D eigenvalue weighted by Crippen LogP contribution is 2.22. The second-order valence-electron chi connectivity index (χ2n) is 3.54. The Labute approximate surface area is 109 Å². The smallest absolute Gasteiger partial charge is 0.321 e. The van der Waals surface area contributed by atoms with Crippen molar-refractivity contribution in [3.63, 3.8) is 0 Å². The van der Waals surface area contributed by atoms with Gasteiger partial charge in [0.05, 0.1) is 10.7 Å². The number of urea groups is 1. The number of benzene rings is 1. The highest BCUT2D eigenvalue weighted by atomic mass is 35.5. The van der Waals surface area contributed by atoms with Gasteiger partial charge in [0.15, 0.2) is 5.82 Å². The number of carbonyl (C=O) groups excluding carboxylic acids is 2. The van der Waals surface area contributed by atoms with Crippen molar-refractivity contribution < 1.29 is 14.0 Å². The van der Waals surface area contributed by atoms with Crippen LogP contribution < -0.4 is 16.0 Å². The lowest BCUT2D eigenvalue weighted by Gasteiger charge is -2.15. The van der Waals surface area contributed by atoms with Gasteiger partial charge >= 0.3 is 6.03 Å². The van der Waals surface area contributed by atoms with Crippen molar-refractivity contribution in [2.45, 2.75) is 13.0 Å². The number of halogens is 2. The van der Waals surface area contributed by atoms with Crippen LogP contribution in [0.15, 0.2) is 18.2 Å². The molecular weight excluding hydrogens is 261 g/mol. The van der Waals surface area contributed by atoms with Gasteiger partial charge in [-0.1, -0.05) is 17.7 Å². The van der Waals surface area contributed by atoms with E-state index >= 15 is 0 Å². The zero-order chi connectivity index (χ0) is 13.7. The van der Waals surface area contributed by atoms with Crippen molar-refractivity contribution in [1.29, 1.82) is 0 Å². The Morgan fingerprint density at radius 1 is 1.39 bits per heavy atom. The van der Waals surface area contributed by atoms with Crippen molar-refractivity contribution in [1.82, 2.24) is 10.6 Å². The number of carbonyl (C=O) groups is 2. The van der Waals surface area contributed by atoms with Crippen LogP contribution in [0.2, 0.25) is 5.02 Å². The Hall–Kier alpha value is -1.82. The Bertz CT molecular complexity index is 468. The number of hydrogen-bond acceptors (Lipinski definition) is 3. The molecule has 0 radical (unpaired) electrons. The van der Waals surface area contributed by atoms with E-state index in [0.717, 1.165) is 0 Å². The number of imide groups is 1. The van der Waals surface area contributed by atoms with Crippen LogP contribution in [0.4, 0.5) is 14.9 Å². The number of rotatable bonds is 3. The third-order valence-electron chi connectivity index (χ3n) is 2.18. The highest BCUT2D eigenvalue weighted by Gasteiger charge is 2.17. The maximum atomic E-state index is 13.5. The fourth-order valence-corrected chi connectivity index (χ4v) is 1.37. The second kappa shape index (κ2) is 6.20. The first-order valence-corrected chi connectivity index (χ1v) is 5.56. The third kappa shape index (κ3) is 3.59. The van der Waals surface area contributed by atoms with Gasteiger partial charge in [0, 0.05) is 7.05 Å². The summed E-state index contributed by atoms with van der Waals surface area (Å²) in [6.45, 7) is 1.50. The number of hydrogen-bond donors (Lipinski definition) is 3. The summed E-state index contributed by atoms with van der Waals surface area (Å²) in [6, 6.07) is 3.00. The molecule has 7 heteroatoms. The van der Waals surface area contributed by atoms with Crippen molar-refractivity contribution in [2.24, 2.45) is 0 Å². The fraction of sp³-hybridized carbons (Fsp3) is 0.273. The topological polar surface area (TPSA) is 70.2 Å². The van der Waals surface area contributed by atoms with Gasteiger partial charge in [-0.25, -0.2) is 9.18 Å². The van der Waals surface area contributed by atoms with E-state index in [0.29, 0.717) is 0 Å². The predicted octanol–water partition coefficient (Wildman–Crippen LogP) is 1.74. The molecule has 0 aliphatic rings. The van der Waals surface area contributed by atoms with Crippen LogP contribution in [-0.4, -0.2) is 25.0 Å². The lowest BCUT2D eigenvalue weighted by molar-refractivity contribution is -0.120. The number of amides is 3. The van der Waals surface area contributed by atoms with Crippen LogP contribution in [0.1, 0.15) is 6.92 Å². The number of anilines is 1. The quantitative estimate of drug-likeness (QED) is 0.786. The van der Waals surface area contributed by atoms with Gasteiger partial charge in [0.25, 0.3) is 0 Å². The maximum Gasteiger partial charge on any atom is 0.321 e. The third-order valence-corrected chi connectivity index (χ3v) is 2.47. The van der Waals surface area contributed by atoms with E-state index in [2.05, 4.69) is 16.0 Å². The summed E-state index contributed by atoms with van der Waals surface area (Å²) in [5.41, 5.74) is 0.0991. The van der Waals surface area contributed by atoms with E-state index in [9.17, 15) is 14.0 Å². The Morgan fingerprint density at radius 3 is 2.67 bits per heavy atom. The average Bonchev–Trinajstić information content (AvgIpc) is 2.34. The van der Waals surface area contributed by atoms with Crippen molar-refractivity contribution >= 4 is 29.2 Å². The van der Waals surface area contributed by atoms with Gasteiger partial charge in [-0.15, -0.1) is 0 Å². The molecular formula is C11H13ClFN3O2. The summed E-state index contributed by atoms with van der Waals surface area (Å²) < 4.78 is 13.5. The molecule has 98 valence electrons. The van der Waals surface area contributed by atoms with Crippen LogP contribution in [0.3, 0.4) is 0 Å². The fourth-order valence-electron chi connectivity index (χ4n) is 1.20. The standard InChI is InChI=1S/C11H13ClFN3O2/c1-6(10(17)16-11(18)14-2)15-8-5-3-4-7(12)9(8)13/h3-6,15H,1-2H3,(H2,14,16,17,18).